The number of nitrogens with two attached hydrogens (primary N) is 1. The quantitative estimate of drug-likeness (QED) is 0.837. The average Bonchev–Trinajstić information content (AvgIpc) is 2.94. The van der Waals surface area contributed by atoms with Gasteiger partial charge in [0.05, 0.1) is 4.90 Å². The van der Waals surface area contributed by atoms with Crippen LogP contribution in [0.3, 0.4) is 0 Å². The van der Waals surface area contributed by atoms with Crippen LogP contribution in [0.2, 0.25) is 0 Å². The van der Waals surface area contributed by atoms with E-state index in [0.717, 1.165) is 6.42 Å². The summed E-state index contributed by atoms with van der Waals surface area (Å²) in [6.07, 6.45) is 0.898. The van der Waals surface area contributed by atoms with E-state index in [1.807, 2.05) is 0 Å². The summed E-state index contributed by atoms with van der Waals surface area (Å²) < 4.78 is 26.9. The molecule has 1 aliphatic heterocycles. The molecule has 1 atom stereocenters. The molecule has 1 unspecified atom stereocenters. The molecule has 0 bridgehead atoms. The van der Waals surface area contributed by atoms with Crippen LogP contribution < -0.4 is 10.5 Å². The molecule has 1 amide bonds. The van der Waals surface area contributed by atoms with Crippen LogP contribution in [0, 0.1) is 5.92 Å². The number of benzene rings is 1. The Morgan fingerprint density at radius 1 is 1.45 bits per heavy atom. The third-order valence-electron chi connectivity index (χ3n) is 3.69. The molecule has 0 radical (unpaired) electrons. The van der Waals surface area contributed by atoms with E-state index in [1.165, 1.54) is 12.1 Å². The zero-order valence-corrected chi connectivity index (χ0v) is 13.8. The van der Waals surface area contributed by atoms with E-state index in [4.69, 9.17) is 5.73 Å². The van der Waals surface area contributed by atoms with Crippen molar-refractivity contribution in [1.82, 2.24) is 9.62 Å². The Kier molecular flexibility index (Phi) is 5.20. The van der Waals surface area contributed by atoms with E-state index in [1.54, 1.807) is 30.9 Å². The number of nitrogens with zero attached hydrogens (tertiary/aromatic N) is 1. The number of carbonyl (C=O) groups is 1. The Morgan fingerprint density at radius 2 is 2.18 bits per heavy atom. The van der Waals surface area contributed by atoms with Gasteiger partial charge in [0, 0.05) is 24.7 Å². The maximum Gasteiger partial charge on any atom is 0.253 e. The average molecular weight is 325 g/mol. The molecule has 122 valence electrons. The van der Waals surface area contributed by atoms with Gasteiger partial charge in [-0.3, -0.25) is 4.79 Å². The number of rotatable bonds is 5. The molecule has 6 nitrogen and oxygen atoms in total. The van der Waals surface area contributed by atoms with Crippen molar-refractivity contribution in [3.05, 3.63) is 29.8 Å². The van der Waals surface area contributed by atoms with Crippen molar-refractivity contribution in [2.24, 2.45) is 11.7 Å². The molecule has 0 aliphatic carbocycles. The predicted octanol–water partition coefficient (Wildman–Crippen LogP) is 0.794. The van der Waals surface area contributed by atoms with Gasteiger partial charge in [-0.05, 0) is 50.9 Å². The zero-order chi connectivity index (χ0) is 16.3. The lowest BCUT2D eigenvalue weighted by atomic mass is 10.1. The molecule has 1 saturated heterocycles. The van der Waals surface area contributed by atoms with Gasteiger partial charge in [-0.2, -0.15) is 0 Å². The summed E-state index contributed by atoms with van der Waals surface area (Å²) in [5.41, 5.74) is 6.03. The van der Waals surface area contributed by atoms with Crippen LogP contribution in [-0.2, 0) is 10.0 Å². The number of amides is 1. The largest absolute Gasteiger partial charge is 0.338 e. The lowest BCUT2D eigenvalue weighted by Gasteiger charge is -2.17. The van der Waals surface area contributed by atoms with Crippen molar-refractivity contribution in [3.8, 4) is 0 Å². The van der Waals surface area contributed by atoms with E-state index in [2.05, 4.69) is 4.72 Å². The summed E-state index contributed by atoms with van der Waals surface area (Å²) in [7, 11) is -3.60. The first-order chi connectivity index (χ1) is 10.3. The van der Waals surface area contributed by atoms with Crippen molar-refractivity contribution < 1.29 is 13.2 Å². The van der Waals surface area contributed by atoms with Gasteiger partial charge in [0.1, 0.15) is 0 Å². The summed E-state index contributed by atoms with van der Waals surface area (Å²) in [5, 5.41) is 0. The summed E-state index contributed by atoms with van der Waals surface area (Å²) in [6.45, 7) is 5.38. The van der Waals surface area contributed by atoms with Crippen LogP contribution in [0.15, 0.2) is 29.2 Å². The highest BCUT2D eigenvalue weighted by Gasteiger charge is 2.26. The SMILES string of the molecule is CC(C)NS(=O)(=O)c1cccc(C(=O)N2CCC(CN)C2)c1. The van der Waals surface area contributed by atoms with Crippen LogP contribution in [-0.4, -0.2) is 44.9 Å². The lowest BCUT2D eigenvalue weighted by molar-refractivity contribution is 0.0787. The molecule has 1 fully saturated rings. The standard InChI is InChI=1S/C15H23N3O3S/c1-11(2)17-22(20,21)14-5-3-4-13(8-14)15(19)18-7-6-12(9-16)10-18/h3-5,8,11-12,17H,6-7,9-10,16H2,1-2H3. The lowest BCUT2D eigenvalue weighted by Crippen LogP contribution is -2.31. The molecular weight excluding hydrogens is 302 g/mol. The van der Waals surface area contributed by atoms with Crippen LogP contribution in [0.1, 0.15) is 30.6 Å². The third-order valence-corrected chi connectivity index (χ3v) is 5.34. The molecule has 0 saturated carbocycles. The van der Waals surface area contributed by atoms with Gasteiger partial charge in [0.15, 0.2) is 0 Å². The molecule has 22 heavy (non-hydrogen) atoms. The van der Waals surface area contributed by atoms with E-state index < -0.39 is 10.0 Å². The Hall–Kier alpha value is -1.44. The van der Waals surface area contributed by atoms with Crippen molar-refractivity contribution >= 4 is 15.9 Å². The minimum absolute atomic E-state index is 0.113. The van der Waals surface area contributed by atoms with Crippen molar-refractivity contribution in [2.75, 3.05) is 19.6 Å². The molecular formula is C15H23N3O3S. The highest BCUT2D eigenvalue weighted by atomic mass is 32.2. The van der Waals surface area contributed by atoms with E-state index in [-0.39, 0.29) is 16.8 Å². The molecule has 7 heteroatoms. The Balaban J connectivity index is 2.20. The summed E-state index contributed by atoms with van der Waals surface area (Å²) in [5.74, 6) is 0.191. The first-order valence-corrected chi connectivity index (χ1v) is 8.93. The highest BCUT2D eigenvalue weighted by Crippen LogP contribution is 2.19. The second-order valence-corrected chi connectivity index (χ2v) is 7.66. The second-order valence-electron chi connectivity index (χ2n) is 5.95. The highest BCUT2D eigenvalue weighted by molar-refractivity contribution is 7.89. The number of hydrogen-bond acceptors (Lipinski definition) is 4. The van der Waals surface area contributed by atoms with E-state index >= 15 is 0 Å². The Bertz CT molecular complexity index is 643. The van der Waals surface area contributed by atoms with Gasteiger partial charge in [-0.1, -0.05) is 6.07 Å². The fourth-order valence-electron chi connectivity index (χ4n) is 2.57. The number of likely N-dealkylation sites (tertiary alicyclic amines) is 1. The first kappa shape index (κ1) is 16.9. The van der Waals surface area contributed by atoms with Gasteiger partial charge in [0.25, 0.3) is 5.91 Å². The Morgan fingerprint density at radius 3 is 2.77 bits per heavy atom. The maximum atomic E-state index is 12.5. The van der Waals surface area contributed by atoms with E-state index in [9.17, 15) is 13.2 Å². The summed E-state index contributed by atoms with van der Waals surface area (Å²) in [6, 6.07) is 5.97. The third kappa shape index (κ3) is 3.85. The number of nitrogens with one attached hydrogen (secondary N) is 1. The second kappa shape index (κ2) is 6.76. The maximum absolute atomic E-state index is 12.5. The molecule has 1 heterocycles. The van der Waals surface area contributed by atoms with Gasteiger partial charge in [0.2, 0.25) is 10.0 Å². The van der Waals surface area contributed by atoms with Gasteiger partial charge >= 0.3 is 0 Å². The fourth-order valence-corrected chi connectivity index (χ4v) is 3.86. The summed E-state index contributed by atoms with van der Waals surface area (Å²) >= 11 is 0. The molecule has 1 aliphatic rings. The minimum atomic E-state index is -3.60. The molecule has 1 aromatic carbocycles. The van der Waals surface area contributed by atoms with Crippen LogP contribution in [0.4, 0.5) is 0 Å². The zero-order valence-electron chi connectivity index (χ0n) is 13.0. The molecule has 0 aromatic heterocycles. The Labute approximate surface area is 131 Å². The first-order valence-electron chi connectivity index (χ1n) is 7.45. The van der Waals surface area contributed by atoms with Gasteiger partial charge in [-0.25, -0.2) is 13.1 Å². The number of sulfonamides is 1. The normalized spacial score (nSPS) is 18.9. The molecule has 2 rings (SSSR count). The van der Waals surface area contributed by atoms with Crippen molar-refractivity contribution in [2.45, 2.75) is 31.2 Å². The van der Waals surface area contributed by atoms with E-state index in [0.29, 0.717) is 31.1 Å². The van der Waals surface area contributed by atoms with Crippen LogP contribution in [0.5, 0.6) is 0 Å². The minimum Gasteiger partial charge on any atom is -0.338 e. The monoisotopic (exact) mass is 325 g/mol. The number of hydrogen-bond donors (Lipinski definition) is 2. The van der Waals surface area contributed by atoms with Crippen molar-refractivity contribution in [3.63, 3.8) is 0 Å². The number of carbonyl (C=O) groups excluding carboxylic acids is 1. The topological polar surface area (TPSA) is 92.5 Å². The summed E-state index contributed by atoms with van der Waals surface area (Å²) in [4.78, 5) is 14.3. The van der Waals surface area contributed by atoms with Crippen LogP contribution >= 0.6 is 0 Å². The van der Waals surface area contributed by atoms with Crippen molar-refractivity contribution in [1.29, 1.82) is 0 Å². The smallest absolute Gasteiger partial charge is 0.253 e. The predicted molar refractivity (Wildman–Crippen MR) is 85.0 cm³/mol. The molecule has 0 spiro atoms. The fraction of sp³-hybridized carbons (Fsp3) is 0.533. The van der Waals surface area contributed by atoms with Crippen LogP contribution in [0.25, 0.3) is 0 Å². The molecule has 3 N–H and O–H groups in total. The molecule has 1 aromatic rings. The van der Waals surface area contributed by atoms with Gasteiger partial charge in [-0.15, -0.1) is 0 Å². The van der Waals surface area contributed by atoms with Gasteiger partial charge < -0.3 is 10.6 Å².